The summed E-state index contributed by atoms with van der Waals surface area (Å²) < 4.78 is 48.3. The number of pyridine rings is 1. The van der Waals surface area contributed by atoms with Gasteiger partial charge in [-0.3, -0.25) is 19.1 Å². The van der Waals surface area contributed by atoms with Gasteiger partial charge >= 0.3 is 6.18 Å². The number of ether oxygens (including phenoxy) is 1. The van der Waals surface area contributed by atoms with Crippen molar-refractivity contribution in [2.75, 3.05) is 29.5 Å². The van der Waals surface area contributed by atoms with Gasteiger partial charge < -0.3 is 14.5 Å². The van der Waals surface area contributed by atoms with Crippen LogP contribution < -0.4 is 15.4 Å². The smallest absolute Gasteiger partial charge is 0.374 e. The Kier molecular flexibility index (Phi) is 4.72. The molecule has 3 aliphatic heterocycles. The zero-order valence-corrected chi connectivity index (χ0v) is 16.5. The lowest BCUT2D eigenvalue weighted by Gasteiger charge is -2.39. The summed E-state index contributed by atoms with van der Waals surface area (Å²) in [6, 6.07) is 2.55. The summed E-state index contributed by atoms with van der Waals surface area (Å²) >= 11 is 0. The Morgan fingerprint density at radius 2 is 2.16 bits per heavy atom. The lowest BCUT2D eigenvalue weighted by molar-refractivity contribution is -0.152. The zero-order valence-electron chi connectivity index (χ0n) is 16.5. The minimum absolute atomic E-state index is 0.0387. The number of ketones is 1. The highest BCUT2D eigenvalue weighted by Crippen LogP contribution is 2.36. The number of carbonyl (C=O) groups excluding carboxylic acids is 1. The lowest BCUT2D eigenvalue weighted by Crippen LogP contribution is -2.54. The second-order valence-electron chi connectivity index (χ2n) is 8.04. The average molecular weight is 435 g/mol. The Morgan fingerprint density at radius 3 is 2.81 bits per heavy atom. The quantitative estimate of drug-likeness (QED) is 0.676. The molecule has 2 fully saturated rings. The fourth-order valence-electron chi connectivity index (χ4n) is 4.58. The van der Waals surface area contributed by atoms with E-state index < -0.39 is 30.1 Å². The maximum atomic E-state index is 13.9. The Bertz CT molecular complexity index is 1060. The third kappa shape index (κ3) is 3.56. The predicted octanol–water partition coefficient (Wildman–Crippen LogP) is 1.64. The molecule has 0 aromatic carbocycles. The van der Waals surface area contributed by atoms with Gasteiger partial charge in [0, 0.05) is 37.1 Å². The molecule has 164 valence electrons. The second-order valence-corrected chi connectivity index (χ2v) is 8.04. The van der Waals surface area contributed by atoms with Crippen LogP contribution in [0.25, 0.3) is 0 Å². The van der Waals surface area contributed by atoms with E-state index in [1.54, 1.807) is 6.07 Å². The van der Waals surface area contributed by atoms with E-state index in [1.165, 1.54) is 29.1 Å². The summed E-state index contributed by atoms with van der Waals surface area (Å²) in [5.41, 5.74) is -0.226. The number of alkyl halides is 3. The summed E-state index contributed by atoms with van der Waals surface area (Å²) in [4.78, 5) is 36.6. The number of Topliss-reactive ketones (excluding diaryl/α,β-unsaturated/α-hetero) is 1. The number of carbonyl (C=O) groups is 1. The van der Waals surface area contributed by atoms with Gasteiger partial charge in [0.1, 0.15) is 11.9 Å². The Labute approximate surface area is 175 Å². The van der Waals surface area contributed by atoms with Crippen molar-refractivity contribution in [2.45, 2.75) is 43.8 Å². The topological polar surface area (TPSA) is 80.6 Å². The molecule has 0 amide bonds. The maximum absolute atomic E-state index is 13.9. The maximum Gasteiger partial charge on any atom is 0.408 e. The van der Waals surface area contributed by atoms with E-state index in [1.807, 2.05) is 4.90 Å². The first kappa shape index (κ1) is 20.0. The van der Waals surface area contributed by atoms with Crippen LogP contribution in [0.3, 0.4) is 0 Å². The summed E-state index contributed by atoms with van der Waals surface area (Å²) in [7, 11) is 0. The summed E-state index contributed by atoms with van der Waals surface area (Å²) in [5, 5.41) is 0. The molecule has 2 saturated heterocycles. The Morgan fingerprint density at radius 1 is 1.32 bits per heavy atom. The zero-order chi connectivity index (χ0) is 21.8. The number of aromatic nitrogens is 3. The van der Waals surface area contributed by atoms with Crippen LogP contribution in [0.2, 0.25) is 0 Å². The van der Waals surface area contributed by atoms with E-state index in [-0.39, 0.29) is 36.6 Å². The number of halogens is 3. The molecule has 3 aliphatic rings. The van der Waals surface area contributed by atoms with Gasteiger partial charge in [-0.2, -0.15) is 18.2 Å². The van der Waals surface area contributed by atoms with E-state index >= 15 is 0 Å². The van der Waals surface area contributed by atoms with Crippen molar-refractivity contribution < 1.29 is 22.7 Å². The van der Waals surface area contributed by atoms with Crippen LogP contribution in [0.4, 0.5) is 24.9 Å². The molecule has 3 atom stereocenters. The third-order valence-electron chi connectivity index (χ3n) is 6.10. The van der Waals surface area contributed by atoms with Gasteiger partial charge in [0.25, 0.3) is 5.56 Å². The highest BCUT2D eigenvalue weighted by molar-refractivity contribution is 5.98. The molecule has 2 bridgehead atoms. The van der Waals surface area contributed by atoms with Gasteiger partial charge in [-0.1, -0.05) is 0 Å². The molecule has 5 heterocycles. The minimum Gasteiger partial charge on any atom is -0.374 e. The summed E-state index contributed by atoms with van der Waals surface area (Å²) in [6.07, 6.45) is -1.28. The van der Waals surface area contributed by atoms with Crippen molar-refractivity contribution in [1.29, 1.82) is 0 Å². The van der Waals surface area contributed by atoms with Crippen LogP contribution in [0.15, 0.2) is 35.4 Å². The molecule has 11 heteroatoms. The van der Waals surface area contributed by atoms with Crippen LogP contribution >= 0.6 is 0 Å². The number of fused-ring (bicyclic) bond motifs is 3. The minimum atomic E-state index is -4.57. The molecular formula is C20H20F3N5O3. The Hall–Kier alpha value is -2.95. The molecular weight excluding hydrogens is 415 g/mol. The van der Waals surface area contributed by atoms with Gasteiger partial charge in [-0.05, 0) is 25.0 Å². The number of morpholine rings is 1. The molecule has 8 nitrogen and oxygen atoms in total. The van der Waals surface area contributed by atoms with E-state index in [9.17, 15) is 22.8 Å². The van der Waals surface area contributed by atoms with Crippen molar-refractivity contribution >= 4 is 17.5 Å². The van der Waals surface area contributed by atoms with Crippen LogP contribution in [0.1, 0.15) is 23.2 Å². The van der Waals surface area contributed by atoms with E-state index in [0.29, 0.717) is 19.0 Å². The molecule has 0 spiro atoms. The monoisotopic (exact) mass is 435 g/mol. The Balaban J connectivity index is 1.54. The highest BCUT2D eigenvalue weighted by Gasteiger charge is 2.48. The van der Waals surface area contributed by atoms with Crippen LogP contribution in [0.5, 0.6) is 0 Å². The van der Waals surface area contributed by atoms with E-state index in [0.717, 1.165) is 11.3 Å². The molecule has 1 unspecified atom stereocenters. The molecule has 2 aromatic heterocycles. The van der Waals surface area contributed by atoms with Crippen molar-refractivity contribution in [3.63, 3.8) is 0 Å². The van der Waals surface area contributed by atoms with Gasteiger partial charge in [-0.15, -0.1) is 0 Å². The largest absolute Gasteiger partial charge is 0.408 e. The van der Waals surface area contributed by atoms with Gasteiger partial charge in [0.2, 0.25) is 5.95 Å². The number of hydrogen-bond donors (Lipinski definition) is 0. The average Bonchev–Trinajstić information content (AvgIpc) is 3.37. The normalized spacial score (nSPS) is 25.1. The predicted molar refractivity (Wildman–Crippen MR) is 104 cm³/mol. The van der Waals surface area contributed by atoms with E-state index in [2.05, 4.69) is 9.97 Å². The van der Waals surface area contributed by atoms with Gasteiger partial charge in [0.15, 0.2) is 5.78 Å². The number of nitrogens with zero attached hydrogens (tertiary/aromatic N) is 5. The standard InChI is InChI=1S/C20H20F3N5O3/c21-20(22,23)16-3-5-26-18(30)7-17(27-9-14-6-13(27)11-31-14)25-19(26)28(16)10-15(29)12-2-1-4-24-8-12/h1-2,4,7-8,13-14,16H,3,5-6,9-11H2/t13-,14-,16?/m0/s1. The SMILES string of the molecule is O=C(CN1c2nc(N3C[C@@H]4C[C@H]3CO4)cc(=O)n2CCC1C(F)(F)F)c1cccnc1. The molecule has 2 aromatic rings. The van der Waals surface area contributed by atoms with Crippen LogP contribution in [-0.2, 0) is 11.3 Å². The molecule has 0 N–H and O–H groups in total. The van der Waals surface area contributed by atoms with E-state index in [4.69, 9.17) is 4.74 Å². The van der Waals surface area contributed by atoms with Gasteiger partial charge in [0.05, 0.1) is 25.3 Å². The van der Waals surface area contributed by atoms with Crippen molar-refractivity contribution in [1.82, 2.24) is 14.5 Å². The van der Waals surface area contributed by atoms with Crippen molar-refractivity contribution in [3.8, 4) is 0 Å². The van der Waals surface area contributed by atoms with Crippen molar-refractivity contribution in [3.05, 3.63) is 46.5 Å². The van der Waals surface area contributed by atoms with Crippen molar-refractivity contribution in [2.24, 2.45) is 0 Å². The van der Waals surface area contributed by atoms with Gasteiger partial charge in [-0.25, -0.2) is 0 Å². The van der Waals surface area contributed by atoms with Crippen LogP contribution in [0, 0.1) is 0 Å². The fourth-order valence-corrected chi connectivity index (χ4v) is 4.58. The number of hydrogen-bond acceptors (Lipinski definition) is 7. The lowest BCUT2D eigenvalue weighted by atomic mass is 10.1. The first-order chi connectivity index (χ1) is 14.8. The molecule has 0 saturated carbocycles. The summed E-state index contributed by atoms with van der Waals surface area (Å²) in [5.74, 6) is -0.324. The summed E-state index contributed by atoms with van der Waals surface area (Å²) in [6.45, 7) is 0.371. The fraction of sp³-hybridized carbons (Fsp3) is 0.500. The first-order valence-corrected chi connectivity index (χ1v) is 10.1. The number of rotatable bonds is 4. The molecule has 0 aliphatic carbocycles. The van der Waals surface area contributed by atoms with Crippen LogP contribution in [-0.4, -0.2) is 64.4 Å². The number of anilines is 2. The second kappa shape index (κ2) is 7.33. The highest BCUT2D eigenvalue weighted by atomic mass is 19.4. The first-order valence-electron chi connectivity index (χ1n) is 10.1. The molecule has 5 rings (SSSR count). The molecule has 0 radical (unpaired) electrons. The molecule has 31 heavy (non-hydrogen) atoms. The third-order valence-corrected chi connectivity index (χ3v) is 6.10.